The van der Waals surface area contributed by atoms with Crippen LogP contribution in [-0.2, 0) is 6.54 Å². The lowest BCUT2D eigenvalue weighted by Crippen LogP contribution is -2.41. The molecule has 0 bridgehead atoms. The Labute approximate surface area is 149 Å². The van der Waals surface area contributed by atoms with Crippen molar-refractivity contribution in [1.29, 1.82) is 5.26 Å². The molecule has 0 spiro atoms. The first-order chi connectivity index (χ1) is 12.1. The molecule has 2 N–H and O–H groups in total. The van der Waals surface area contributed by atoms with E-state index < -0.39 is 0 Å². The van der Waals surface area contributed by atoms with Crippen LogP contribution in [0.25, 0.3) is 0 Å². The van der Waals surface area contributed by atoms with Gasteiger partial charge in [0.25, 0.3) is 0 Å². The zero-order valence-electron chi connectivity index (χ0n) is 14.9. The molecule has 25 heavy (non-hydrogen) atoms. The van der Waals surface area contributed by atoms with E-state index in [1.54, 1.807) is 13.1 Å². The molecule has 0 heterocycles. The van der Waals surface area contributed by atoms with Crippen molar-refractivity contribution in [1.82, 2.24) is 10.6 Å². The topological polar surface area (TPSA) is 69.4 Å². The van der Waals surface area contributed by atoms with Crippen molar-refractivity contribution < 1.29 is 4.74 Å². The van der Waals surface area contributed by atoms with Crippen LogP contribution in [0.1, 0.15) is 23.6 Å². The lowest BCUT2D eigenvalue weighted by Gasteiger charge is -2.18. The summed E-state index contributed by atoms with van der Waals surface area (Å²) in [5.74, 6) is 1.59. The Hall–Kier alpha value is -3.00. The van der Waals surface area contributed by atoms with Gasteiger partial charge in [0.2, 0.25) is 0 Å². The maximum atomic E-state index is 8.95. The summed E-state index contributed by atoms with van der Waals surface area (Å²) in [6, 6.07) is 17.6. The molecule has 0 aromatic heterocycles. The second-order valence-electron chi connectivity index (χ2n) is 5.81. The molecule has 0 saturated carbocycles. The molecule has 2 aromatic rings. The monoisotopic (exact) mass is 336 g/mol. The van der Waals surface area contributed by atoms with E-state index in [-0.39, 0.29) is 6.10 Å². The van der Waals surface area contributed by atoms with Crippen molar-refractivity contribution in [3.63, 3.8) is 0 Å². The molecule has 1 atom stereocenters. The summed E-state index contributed by atoms with van der Waals surface area (Å²) >= 11 is 0. The quantitative estimate of drug-likeness (QED) is 0.628. The van der Waals surface area contributed by atoms with E-state index in [2.05, 4.69) is 21.7 Å². The van der Waals surface area contributed by atoms with Crippen molar-refractivity contribution in [2.75, 3.05) is 13.6 Å². The predicted octanol–water partition coefficient (Wildman–Crippen LogP) is 3.00. The molecular formula is C20H24N4O. The lowest BCUT2D eigenvalue weighted by atomic mass is 10.1. The summed E-state index contributed by atoms with van der Waals surface area (Å²) in [5.41, 5.74) is 2.81. The third-order valence-corrected chi connectivity index (χ3v) is 3.72. The number of rotatable bonds is 6. The summed E-state index contributed by atoms with van der Waals surface area (Å²) in [4.78, 5) is 4.22. The molecule has 5 nitrogen and oxygen atoms in total. The van der Waals surface area contributed by atoms with Gasteiger partial charge in [0.1, 0.15) is 11.9 Å². The van der Waals surface area contributed by atoms with Crippen LogP contribution < -0.4 is 15.4 Å². The first kappa shape index (κ1) is 18.3. The van der Waals surface area contributed by atoms with E-state index in [1.807, 2.05) is 56.3 Å². The van der Waals surface area contributed by atoms with Crippen LogP contribution in [0.5, 0.6) is 5.75 Å². The van der Waals surface area contributed by atoms with E-state index in [1.165, 1.54) is 0 Å². The van der Waals surface area contributed by atoms with Crippen LogP contribution in [0.4, 0.5) is 0 Å². The Bertz CT molecular complexity index is 764. The van der Waals surface area contributed by atoms with Crippen LogP contribution in [0, 0.1) is 18.3 Å². The van der Waals surface area contributed by atoms with Crippen molar-refractivity contribution in [2.24, 2.45) is 4.99 Å². The number of nitrogens with one attached hydrogen (secondary N) is 2. The number of nitriles is 1. The number of hydrogen-bond donors (Lipinski definition) is 2. The second kappa shape index (κ2) is 9.33. The van der Waals surface area contributed by atoms with E-state index in [0.29, 0.717) is 24.6 Å². The minimum absolute atomic E-state index is 0.00145. The first-order valence-electron chi connectivity index (χ1n) is 8.28. The number of aliphatic imine (C=N–C) groups is 1. The number of guanidine groups is 1. The van der Waals surface area contributed by atoms with E-state index in [9.17, 15) is 0 Å². The number of benzene rings is 2. The van der Waals surface area contributed by atoms with Crippen molar-refractivity contribution in [3.05, 3.63) is 65.2 Å². The third kappa shape index (κ3) is 5.85. The molecule has 0 amide bonds. The Morgan fingerprint density at radius 2 is 2.00 bits per heavy atom. The van der Waals surface area contributed by atoms with E-state index in [4.69, 9.17) is 10.00 Å². The van der Waals surface area contributed by atoms with Gasteiger partial charge in [-0.2, -0.15) is 5.26 Å². The summed E-state index contributed by atoms with van der Waals surface area (Å²) in [6.45, 7) is 5.28. The maximum absolute atomic E-state index is 8.95. The van der Waals surface area contributed by atoms with Crippen molar-refractivity contribution in [3.8, 4) is 11.8 Å². The normalized spacial score (nSPS) is 12.2. The molecule has 0 aliphatic heterocycles. The smallest absolute Gasteiger partial charge is 0.191 e. The fourth-order valence-corrected chi connectivity index (χ4v) is 2.34. The molecule has 1 unspecified atom stereocenters. The van der Waals surface area contributed by atoms with Gasteiger partial charge in [-0.25, -0.2) is 0 Å². The average molecular weight is 336 g/mol. The lowest BCUT2D eigenvalue weighted by molar-refractivity contribution is 0.222. The fourth-order valence-electron chi connectivity index (χ4n) is 2.34. The van der Waals surface area contributed by atoms with Gasteiger partial charge >= 0.3 is 0 Å². The molecule has 0 saturated heterocycles. The number of para-hydroxylation sites is 1. The molecule has 2 aromatic carbocycles. The van der Waals surface area contributed by atoms with E-state index in [0.717, 1.165) is 16.9 Å². The zero-order chi connectivity index (χ0) is 18.1. The minimum atomic E-state index is 0.00145. The highest BCUT2D eigenvalue weighted by molar-refractivity contribution is 5.79. The zero-order valence-corrected chi connectivity index (χ0v) is 14.9. The van der Waals surface area contributed by atoms with Gasteiger partial charge in [0, 0.05) is 13.6 Å². The molecule has 0 fully saturated rings. The van der Waals surface area contributed by atoms with Gasteiger partial charge in [0.15, 0.2) is 5.96 Å². The van der Waals surface area contributed by atoms with Crippen LogP contribution in [0.15, 0.2) is 53.5 Å². The Morgan fingerprint density at radius 3 is 2.72 bits per heavy atom. The van der Waals surface area contributed by atoms with Crippen LogP contribution >= 0.6 is 0 Å². The molecule has 0 aliphatic rings. The predicted molar refractivity (Wildman–Crippen MR) is 101 cm³/mol. The summed E-state index contributed by atoms with van der Waals surface area (Å²) in [6.07, 6.45) is 0.00145. The minimum Gasteiger partial charge on any atom is -0.489 e. The SMILES string of the molecule is CN=C(NCc1cccc(C#N)c1)NCC(C)Oc1ccccc1C. The summed E-state index contributed by atoms with van der Waals surface area (Å²) in [5, 5.41) is 15.4. The molecule has 2 rings (SSSR count). The molecular weight excluding hydrogens is 312 g/mol. The van der Waals surface area contributed by atoms with Crippen LogP contribution in [-0.4, -0.2) is 25.7 Å². The van der Waals surface area contributed by atoms with Crippen LogP contribution in [0.3, 0.4) is 0 Å². The largest absolute Gasteiger partial charge is 0.489 e. The second-order valence-corrected chi connectivity index (χ2v) is 5.81. The standard InChI is InChI=1S/C20H24N4O/c1-15-7-4-5-10-19(15)25-16(2)13-23-20(22-3)24-14-18-9-6-8-17(11-18)12-21/h4-11,16H,13-14H2,1-3H3,(H2,22,23,24). The molecule has 0 aliphatic carbocycles. The first-order valence-corrected chi connectivity index (χ1v) is 8.28. The molecule has 0 radical (unpaired) electrons. The van der Waals surface area contributed by atoms with Gasteiger partial charge in [-0.05, 0) is 43.2 Å². The van der Waals surface area contributed by atoms with Crippen molar-refractivity contribution >= 4 is 5.96 Å². The maximum Gasteiger partial charge on any atom is 0.191 e. The molecule has 5 heteroatoms. The van der Waals surface area contributed by atoms with E-state index >= 15 is 0 Å². The summed E-state index contributed by atoms with van der Waals surface area (Å²) < 4.78 is 5.95. The average Bonchev–Trinajstić information content (AvgIpc) is 2.64. The Kier molecular flexibility index (Phi) is 6.85. The number of hydrogen-bond acceptors (Lipinski definition) is 3. The van der Waals surface area contributed by atoms with Gasteiger partial charge in [0.05, 0.1) is 18.2 Å². The highest BCUT2D eigenvalue weighted by Gasteiger charge is 2.07. The highest BCUT2D eigenvalue weighted by atomic mass is 16.5. The highest BCUT2D eigenvalue weighted by Crippen LogP contribution is 2.17. The third-order valence-electron chi connectivity index (χ3n) is 3.72. The fraction of sp³-hybridized carbons (Fsp3) is 0.300. The summed E-state index contributed by atoms with van der Waals surface area (Å²) in [7, 11) is 1.73. The number of ether oxygens (including phenoxy) is 1. The van der Waals surface area contributed by atoms with Gasteiger partial charge < -0.3 is 15.4 Å². The van der Waals surface area contributed by atoms with Crippen LogP contribution in [0.2, 0.25) is 0 Å². The number of nitrogens with zero attached hydrogens (tertiary/aromatic N) is 2. The van der Waals surface area contributed by atoms with Gasteiger partial charge in [-0.1, -0.05) is 30.3 Å². The Balaban J connectivity index is 1.81. The van der Waals surface area contributed by atoms with Gasteiger partial charge in [-0.15, -0.1) is 0 Å². The van der Waals surface area contributed by atoms with Gasteiger partial charge in [-0.3, -0.25) is 4.99 Å². The van der Waals surface area contributed by atoms with Crippen molar-refractivity contribution in [2.45, 2.75) is 26.5 Å². The Morgan fingerprint density at radius 1 is 1.20 bits per heavy atom. The number of aryl methyl sites for hydroxylation is 1. The molecule has 130 valence electrons.